The average molecular weight is 378 g/mol. The smallest absolute Gasteiger partial charge is 0.346 e. The number of aliphatic hydroxyl groups is 1. The van der Waals surface area contributed by atoms with Crippen molar-refractivity contribution in [3.8, 4) is 6.01 Å². The van der Waals surface area contributed by atoms with E-state index in [0.29, 0.717) is 22.5 Å². The fourth-order valence-corrected chi connectivity index (χ4v) is 3.42. The number of nitrogens with zero attached hydrogens (tertiary/aromatic N) is 2. The standard InChI is InChI=1S/C22H22N2O4/c1-15-13-16(2)24-21(23-15)28-19(20(26)27)22(14-25,17-9-5-3-6-10-17)18-11-7-4-8-12-18/h3-13,19,25H,14H2,1-2H3,(H,26,27). The highest BCUT2D eigenvalue weighted by Gasteiger charge is 2.48. The minimum atomic E-state index is -1.44. The van der Waals surface area contributed by atoms with Gasteiger partial charge in [-0.25, -0.2) is 14.8 Å². The number of aryl methyl sites for hydroxylation is 2. The molecule has 0 bridgehead atoms. The third-order valence-electron chi connectivity index (χ3n) is 4.68. The second kappa shape index (κ2) is 8.19. The summed E-state index contributed by atoms with van der Waals surface area (Å²) >= 11 is 0. The number of rotatable bonds is 7. The van der Waals surface area contributed by atoms with Crippen LogP contribution in [-0.4, -0.2) is 38.9 Å². The van der Waals surface area contributed by atoms with Crippen molar-refractivity contribution < 1.29 is 19.7 Å². The van der Waals surface area contributed by atoms with Crippen molar-refractivity contribution in [2.45, 2.75) is 25.4 Å². The molecule has 3 rings (SSSR count). The highest BCUT2D eigenvalue weighted by molar-refractivity contribution is 5.77. The van der Waals surface area contributed by atoms with E-state index in [4.69, 9.17) is 4.74 Å². The van der Waals surface area contributed by atoms with Crippen LogP contribution < -0.4 is 4.74 Å². The van der Waals surface area contributed by atoms with Crippen molar-refractivity contribution in [1.29, 1.82) is 0 Å². The predicted octanol–water partition coefficient (Wildman–Crippen LogP) is 2.90. The van der Waals surface area contributed by atoms with Crippen LogP contribution >= 0.6 is 0 Å². The molecule has 1 atom stereocenters. The maximum Gasteiger partial charge on any atom is 0.346 e. The summed E-state index contributed by atoms with van der Waals surface area (Å²) in [6, 6.07) is 19.7. The van der Waals surface area contributed by atoms with Gasteiger partial charge in [0.25, 0.3) is 0 Å². The number of ether oxygens (including phenoxy) is 1. The van der Waals surface area contributed by atoms with E-state index in [9.17, 15) is 15.0 Å². The number of carbonyl (C=O) groups is 1. The number of benzene rings is 2. The molecular weight excluding hydrogens is 356 g/mol. The Labute approximate surface area is 163 Å². The molecule has 0 fully saturated rings. The molecule has 0 saturated carbocycles. The number of hydrogen-bond acceptors (Lipinski definition) is 5. The molecule has 0 aliphatic heterocycles. The fraction of sp³-hybridized carbons (Fsp3) is 0.227. The van der Waals surface area contributed by atoms with Crippen LogP contribution in [0.15, 0.2) is 66.7 Å². The zero-order valence-corrected chi connectivity index (χ0v) is 15.7. The first kappa shape index (κ1) is 19.5. The van der Waals surface area contributed by atoms with Crippen molar-refractivity contribution in [3.05, 3.63) is 89.2 Å². The summed E-state index contributed by atoms with van der Waals surface area (Å²) in [5, 5.41) is 20.6. The van der Waals surface area contributed by atoms with Gasteiger partial charge >= 0.3 is 12.0 Å². The van der Waals surface area contributed by atoms with E-state index < -0.39 is 24.1 Å². The Morgan fingerprint density at radius 1 is 0.964 bits per heavy atom. The van der Waals surface area contributed by atoms with E-state index in [1.165, 1.54) is 0 Å². The van der Waals surface area contributed by atoms with E-state index in [0.717, 1.165) is 0 Å². The Kier molecular flexibility index (Phi) is 5.70. The zero-order chi connectivity index (χ0) is 20.1. The topological polar surface area (TPSA) is 92.5 Å². The monoisotopic (exact) mass is 378 g/mol. The molecule has 0 amide bonds. The largest absolute Gasteiger partial charge is 0.478 e. The number of carboxylic acid groups (broad SMARTS) is 1. The van der Waals surface area contributed by atoms with Crippen LogP contribution in [0.4, 0.5) is 0 Å². The molecule has 0 aliphatic rings. The van der Waals surface area contributed by atoms with Crippen molar-refractivity contribution in [1.82, 2.24) is 9.97 Å². The first-order chi connectivity index (χ1) is 13.5. The lowest BCUT2D eigenvalue weighted by molar-refractivity contribution is -0.149. The Bertz CT molecular complexity index is 886. The van der Waals surface area contributed by atoms with Crippen LogP contribution in [0.25, 0.3) is 0 Å². The third-order valence-corrected chi connectivity index (χ3v) is 4.68. The zero-order valence-electron chi connectivity index (χ0n) is 15.7. The van der Waals surface area contributed by atoms with Gasteiger partial charge in [0.05, 0.1) is 12.0 Å². The van der Waals surface area contributed by atoms with E-state index in [1.54, 1.807) is 68.4 Å². The Hall–Kier alpha value is -3.25. The van der Waals surface area contributed by atoms with E-state index in [2.05, 4.69) is 9.97 Å². The SMILES string of the molecule is Cc1cc(C)nc(OC(C(=O)O)C(CO)(c2ccccc2)c2ccccc2)n1. The molecular formula is C22H22N2O4. The van der Waals surface area contributed by atoms with E-state index in [-0.39, 0.29) is 6.01 Å². The summed E-state index contributed by atoms with van der Waals surface area (Å²) < 4.78 is 5.82. The summed E-state index contributed by atoms with van der Waals surface area (Å²) in [7, 11) is 0. The maximum absolute atomic E-state index is 12.3. The van der Waals surface area contributed by atoms with Crippen LogP contribution in [0.2, 0.25) is 0 Å². The Morgan fingerprint density at radius 3 is 1.82 bits per heavy atom. The lowest BCUT2D eigenvalue weighted by atomic mass is 9.70. The molecule has 6 heteroatoms. The first-order valence-corrected chi connectivity index (χ1v) is 8.91. The van der Waals surface area contributed by atoms with E-state index in [1.807, 2.05) is 12.1 Å². The number of aromatic nitrogens is 2. The highest BCUT2D eigenvalue weighted by Crippen LogP contribution is 2.37. The Morgan fingerprint density at radius 2 is 1.43 bits per heavy atom. The van der Waals surface area contributed by atoms with Crippen molar-refractivity contribution in [2.24, 2.45) is 0 Å². The molecule has 0 spiro atoms. The van der Waals surface area contributed by atoms with Gasteiger partial charge in [0, 0.05) is 11.4 Å². The highest BCUT2D eigenvalue weighted by atomic mass is 16.5. The van der Waals surface area contributed by atoms with Gasteiger partial charge in [0.2, 0.25) is 6.10 Å². The molecule has 6 nitrogen and oxygen atoms in total. The van der Waals surface area contributed by atoms with Crippen LogP contribution in [0.1, 0.15) is 22.5 Å². The molecule has 144 valence electrons. The Balaban J connectivity index is 2.19. The molecule has 2 N–H and O–H groups in total. The fourth-order valence-electron chi connectivity index (χ4n) is 3.42. The summed E-state index contributed by atoms with van der Waals surface area (Å²) in [5.41, 5.74) is 1.25. The number of aliphatic hydroxyl groups excluding tert-OH is 1. The number of carboxylic acids is 1. The molecule has 28 heavy (non-hydrogen) atoms. The lowest BCUT2D eigenvalue weighted by Gasteiger charge is -2.37. The number of aliphatic carboxylic acids is 1. The number of hydrogen-bond donors (Lipinski definition) is 2. The van der Waals surface area contributed by atoms with Gasteiger partial charge in [-0.3, -0.25) is 0 Å². The molecule has 3 aromatic rings. The molecule has 1 aromatic heterocycles. The van der Waals surface area contributed by atoms with Gasteiger partial charge < -0.3 is 14.9 Å². The summed E-state index contributed by atoms with van der Waals surface area (Å²) in [4.78, 5) is 20.8. The quantitative estimate of drug-likeness (QED) is 0.657. The summed E-state index contributed by atoms with van der Waals surface area (Å²) in [6.07, 6.45) is -1.44. The van der Waals surface area contributed by atoms with Crippen molar-refractivity contribution in [2.75, 3.05) is 6.61 Å². The normalized spacial score (nSPS) is 12.4. The summed E-state index contributed by atoms with van der Waals surface area (Å²) in [5.74, 6) is -1.22. The van der Waals surface area contributed by atoms with E-state index >= 15 is 0 Å². The van der Waals surface area contributed by atoms with Crippen LogP contribution in [-0.2, 0) is 10.2 Å². The summed E-state index contributed by atoms with van der Waals surface area (Å²) in [6.45, 7) is 3.10. The lowest BCUT2D eigenvalue weighted by Crippen LogP contribution is -2.52. The van der Waals surface area contributed by atoms with Crippen LogP contribution in [0.3, 0.4) is 0 Å². The van der Waals surface area contributed by atoms with Gasteiger partial charge in [-0.15, -0.1) is 0 Å². The first-order valence-electron chi connectivity index (χ1n) is 8.91. The van der Waals surface area contributed by atoms with Gasteiger partial charge in [0.1, 0.15) is 0 Å². The molecule has 0 radical (unpaired) electrons. The van der Waals surface area contributed by atoms with Gasteiger partial charge in [-0.1, -0.05) is 60.7 Å². The van der Waals surface area contributed by atoms with Gasteiger partial charge in [-0.05, 0) is 31.0 Å². The van der Waals surface area contributed by atoms with Crippen molar-refractivity contribution >= 4 is 5.97 Å². The average Bonchev–Trinajstić information content (AvgIpc) is 2.69. The van der Waals surface area contributed by atoms with Gasteiger partial charge in [-0.2, -0.15) is 0 Å². The second-order valence-electron chi connectivity index (χ2n) is 6.63. The maximum atomic E-state index is 12.3. The minimum absolute atomic E-state index is 0.0328. The second-order valence-corrected chi connectivity index (χ2v) is 6.63. The third kappa shape index (κ3) is 3.73. The van der Waals surface area contributed by atoms with Gasteiger partial charge in [0.15, 0.2) is 0 Å². The molecule has 0 aliphatic carbocycles. The van der Waals surface area contributed by atoms with Crippen LogP contribution in [0.5, 0.6) is 6.01 Å². The molecule has 1 unspecified atom stereocenters. The minimum Gasteiger partial charge on any atom is -0.478 e. The van der Waals surface area contributed by atoms with Crippen LogP contribution in [0, 0.1) is 13.8 Å². The molecule has 2 aromatic carbocycles. The van der Waals surface area contributed by atoms with Crippen molar-refractivity contribution in [3.63, 3.8) is 0 Å². The molecule has 0 saturated heterocycles. The predicted molar refractivity (Wildman–Crippen MR) is 104 cm³/mol. The molecule has 1 heterocycles.